The first kappa shape index (κ1) is 11.9. The van der Waals surface area contributed by atoms with Gasteiger partial charge in [-0.05, 0) is 38.8 Å². The molecule has 0 unspecified atom stereocenters. The molecule has 0 spiro atoms. The first-order valence-electron chi connectivity index (χ1n) is 6.34. The molecule has 0 aromatic carbocycles. The van der Waals surface area contributed by atoms with Crippen LogP contribution in [0.5, 0.6) is 0 Å². The maximum atomic E-state index is 11.5. The van der Waals surface area contributed by atoms with E-state index in [0.717, 1.165) is 32.5 Å². The zero-order chi connectivity index (χ0) is 11.2. The fourth-order valence-electron chi connectivity index (χ4n) is 2.31. The summed E-state index contributed by atoms with van der Waals surface area (Å²) in [5, 5.41) is 0. The number of esters is 1. The molecule has 2 aliphatic heterocycles. The van der Waals surface area contributed by atoms with Crippen molar-refractivity contribution >= 4 is 5.97 Å². The Bertz CT molecular complexity index is 220. The maximum absolute atomic E-state index is 11.5. The number of carbonyl (C=O) groups is 1. The molecule has 0 N–H and O–H groups in total. The van der Waals surface area contributed by atoms with E-state index in [4.69, 9.17) is 9.47 Å². The summed E-state index contributed by atoms with van der Waals surface area (Å²) >= 11 is 0. The van der Waals surface area contributed by atoms with Gasteiger partial charge in [0.05, 0.1) is 12.6 Å². The van der Waals surface area contributed by atoms with E-state index in [1.54, 1.807) is 0 Å². The van der Waals surface area contributed by atoms with Gasteiger partial charge in [-0.1, -0.05) is 6.42 Å². The van der Waals surface area contributed by atoms with Crippen LogP contribution in [0, 0.1) is 0 Å². The first-order valence-corrected chi connectivity index (χ1v) is 6.34. The second-order valence-corrected chi connectivity index (χ2v) is 4.65. The van der Waals surface area contributed by atoms with Crippen LogP contribution in [0.25, 0.3) is 0 Å². The predicted molar refractivity (Wildman–Crippen MR) is 60.2 cm³/mol. The molecule has 0 bridgehead atoms. The molecule has 4 nitrogen and oxygen atoms in total. The highest BCUT2D eigenvalue weighted by molar-refractivity contribution is 5.71. The standard InChI is InChI=1S/C12H21NO3/c14-12(9-13-6-2-1-3-7-13)16-10-11-5-4-8-15-11/h11H,1-10H2/t11-/m1/s1. The summed E-state index contributed by atoms with van der Waals surface area (Å²) in [4.78, 5) is 13.7. The van der Waals surface area contributed by atoms with Crippen LogP contribution < -0.4 is 0 Å². The SMILES string of the molecule is O=C(CN1CCCCC1)OC[C@H]1CCCO1. The van der Waals surface area contributed by atoms with E-state index in [1.807, 2.05) is 0 Å². The van der Waals surface area contributed by atoms with Gasteiger partial charge in [-0.15, -0.1) is 0 Å². The van der Waals surface area contributed by atoms with E-state index in [-0.39, 0.29) is 12.1 Å². The first-order chi connectivity index (χ1) is 7.84. The molecule has 0 aromatic heterocycles. The zero-order valence-corrected chi connectivity index (χ0v) is 9.82. The van der Waals surface area contributed by atoms with Crippen molar-refractivity contribution in [1.29, 1.82) is 0 Å². The van der Waals surface area contributed by atoms with Crippen LogP contribution in [-0.4, -0.2) is 49.8 Å². The van der Waals surface area contributed by atoms with Gasteiger partial charge in [0.1, 0.15) is 6.61 Å². The van der Waals surface area contributed by atoms with Crippen molar-refractivity contribution in [3.63, 3.8) is 0 Å². The Balaban J connectivity index is 1.59. The second kappa shape index (κ2) is 6.21. The summed E-state index contributed by atoms with van der Waals surface area (Å²) in [6, 6.07) is 0. The molecule has 2 fully saturated rings. The summed E-state index contributed by atoms with van der Waals surface area (Å²) in [6.45, 7) is 3.78. The predicted octanol–water partition coefficient (Wildman–Crippen LogP) is 1.19. The Kier molecular flexibility index (Phi) is 4.60. The van der Waals surface area contributed by atoms with E-state index in [9.17, 15) is 4.79 Å². The van der Waals surface area contributed by atoms with Gasteiger partial charge in [-0.3, -0.25) is 9.69 Å². The number of piperidine rings is 1. The molecule has 0 saturated carbocycles. The minimum absolute atomic E-state index is 0.0996. The Morgan fingerprint density at radius 2 is 2.06 bits per heavy atom. The minimum Gasteiger partial charge on any atom is -0.462 e. The number of hydrogen-bond acceptors (Lipinski definition) is 4. The Morgan fingerprint density at radius 1 is 1.25 bits per heavy atom. The average Bonchev–Trinajstić information content (AvgIpc) is 2.81. The van der Waals surface area contributed by atoms with Gasteiger partial charge < -0.3 is 9.47 Å². The van der Waals surface area contributed by atoms with Crippen LogP contribution >= 0.6 is 0 Å². The average molecular weight is 227 g/mol. The summed E-state index contributed by atoms with van der Waals surface area (Å²) < 4.78 is 10.6. The van der Waals surface area contributed by atoms with Crippen molar-refractivity contribution in [3.05, 3.63) is 0 Å². The van der Waals surface area contributed by atoms with E-state index >= 15 is 0 Å². The lowest BCUT2D eigenvalue weighted by molar-refractivity contribution is -0.148. The third-order valence-electron chi connectivity index (χ3n) is 3.26. The fraction of sp³-hybridized carbons (Fsp3) is 0.917. The molecular formula is C12H21NO3. The number of carbonyl (C=O) groups excluding carboxylic acids is 1. The zero-order valence-electron chi connectivity index (χ0n) is 9.82. The lowest BCUT2D eigenvalue weighted by Crippen LogP contribution is -2.36. The molecular weight excluding hydrogens is 206 g/mol. The highest BCUT2D eigenvalue weighted by atomic mass is 16.6. The highest BCUT2D eigenvalue weighted by Crippen LogP contribution is 2.12. The van der Waals surface area contributed by atoms with E-state index in [2.05, 4.69) is 4.90 Å². The molecule has 2 rings (SSSR count). The molecule has 2 aliphatic rings. The van der Waals surface area contributed by atoms with Crippen LogP contribution in [0.3, 0.4) is 0 Å². The molecule has 0 aromatic rings. The Hall–Kier alpha value is -0.610. The third-order valence-corrected chi connectivity index (χ3v) is 3.26. The van der Waals surface area contributed by atoms with E-state index < -0.39 is 0 Å². The van der Waals surface area contributed by atoms with Gasteiger partial charge in [0.2, 0.25) is 0 Å². The topological polar surface area (TPSA) is 38.8 Å². The molecule has 2 saturated heterocycles. The molecule has 0 aliphatic carbocycles. The monoisotopic (exact) mass is 227 g/mol. The van der Waals surface area contributed by atoms with Crippen LogP contribution in [0.1, 0.15) is 32.1 Å². The fourth-order valence-corrected chi connectivity index (χ4v) is 2.31. The number of likely N-dealkylation sites (tertiary alicyclic amines) is 1. The van der Waals surface area contributed by atoms with Crippen molar-refractivity contribution in [1.82, 2.24) is 4.90 Å². The van der Waals surface area contributed by atoms with Gasteiger partial charge >= 0.3 is 5.97 Å². The van der Waals surface area contributed by atoms with E-state index in [1.165, 1.54) is 19.3 Å². The molecule has 1 atom stereocenters. The Morgan fingerprint density at radius 3 is 2.75 bits per heavy atom. The van der Waals surface area contributed by atoms with E-state index in [0.29, 0.717) is 13.2 Å². The van der Waals surface area contributed by atoms with Crippen molar-refractivity contribution in [2.24, 2.45) is 0 Å². The number of nitrogens with zero attached hydrogens (tertiary/aromatic N) is 1. The molecule has 2 heterocycles. The molecule has 0 radical (unpaired) electrons. The molecule has 92 valence electrons. The maximum Gasteiger partial charge on any atom is 0.320 e. The lowest BCUT2D eigenvalue weighted by Gasteiger charge is -2.25. The Labute approximate surface area is 96.9 Å². The smallest absolute Gasteiger partial charge is 0.320 e. The minimum atomic E-state index is -0.0996. The van der Waals surface area contributed by atoms with Crippen molar-refractivity contribution in [2.45, 2.75) is 38.2 Å². The molecule has 4 heteroatoms. The number of hydrogen-bond donors (Lipinski definition) is 0. The van der Waals surface area contributed by atoms with Crippen LogP contribution in [0.15, 0.2) is 0 Å². The number of ether oxygens (including phenoxy) is 2. The van der Waals surface area contributed by atoms with Crippen molar-refractivity contribution in [3.8, 4) is 0 Å². The van der Waals surface area contributed by atoms with Gasteiger partial charge in [0.15, 0.2) is 0 Å². The summed E-state index contributed by atoms with van der Waals surface area (Å²) in [5.74, 6) is -0.0996. The third kappa shape index (κ3) is 3.76. The van der Waals surface area contributed by atoms with Crippen molar-refractivity contribution in [2.75, 3.05) is 32.8 Å². The molecule has 16 heavy (non-hydrogen) atoms. The highest BCUT2D eigenvalue weighted by Gasteiger charge is 2.19. The quantitative estimate of drug-likeness (QED) is 0.676. The number of rotatable bonds is 4. The molecule has 0 amide bonds. The van der Waals surface area contributed by atoms with Gasteiger partial charge in [-0.2, -0.15) is 0 Å². The van der Waals surface area contributed by atoms with Gasteiger partial charge in [0, 0.05) is 6.61 Å². The summed E-state index contributed by atoms with van der Waals surface area (Å²) in [5.41, 5.74) is 0. The second-order valence-electron chi connectivity index (χ2n) is 4.65. The van der Waals surface area contributed by atoms with Gasteiger partial charge in [0.25, 0.3) is 0 Å². The van der Waals surface area contributed by atoms with Crippen LogP contribution in [-0.2, 0) is 14.3 Å². The van der Waals surface area contributed by atoms with Crippen LogP contribution in [0.2, 0.25) is 0 Å². The summed E-state index contributed by atoms with van der Waals surface area (Å²) in [7, 11) is 0. The van der Waals surface area contributed by atoms with Gasteiger partial charge in [-0.25, -0.2) is 0 Å². The lowest BCUT2D eigenvalue weighted by atomic mass is 10.1. The van der Waals surface area contributed by atoms with Crippen LogP contribution in [0.4, 0.5) is 0 Å². The van der Waals surface area contributed by atoms with Crippen molar-refractivity contribution < 1.29 is 14.3 Å². The summed E-state index contributed by atoms with van der Waals surface area (Å²) in [6.07, 6.45) is 5.97. The largest absolute Gasteiger partial charge is 0.462 e. The normalized spacial score (nSPS) is 26.9.